The third-order valence-corrected chi connectivity index (χ3v) is 13.6. The molecule has 0 radical (unpaired) electrons. The van der Waals surface area contributed by atoms with Gasteiger partial charge in [0.15, 0.2) is 17.5 Å². The van der Waals surface area contributed by atoms with Crippen LogP contribution in [0.4, 0.5) is 0 Å². The van der Waals surface area contributed by atoms with Gasteiger partial charge in [0.1, 0.15) is 22.5 Å². The van der Waals surface area contributed by atoms with Gasteiger partial charge < -0.3 is 13.4 Å². The number of furan rings is 2. The molecule has 4 aromatic heterocycles. The van der Waals surface area contributed by atoms with Crippen LogP contribution in [0.15, 0.2) is 222 Å². The molecular weight excluding hydrogens is 883 g/mol. The van der Waals surface area contributed by atoms with E-state index in [1.54, 1.807) is 0 Å². The summed E-state index contributed by atoms with van der Waals surface area (Å²) in [5, 5.41) is 15.3. The lowest BCUT2D eigenvalue weighted by Crippen LogP contribution is -2.04. The number of benzene rings is 9. The van der Waals surface area contributed by atoms with Crippen molar-refractivity contribution in [1.29, 1.82) is 5.26 Å². The number of fused-ring (bicyclic) bond motifs is 7. The van der Waals surface area contributed by atoms with Crippen LogP contribution in [0.2, 0.25) is 0 Å². The lowest BCUT2D eigenvalue weighted by atomic mass is 9.92. The number of allylic oxidation sites excluding steroid dienone is 1. The standard InChI is InChI=1S/C65H41N5O2/c1-3-16-58-48(4-2)50-29-26-45(37-60(50)71-58)63-67-64(46-27-30-51-49-23-14-15-24-59(49)72-61(51)38-46)69-65(68-63)47-35-52(42-19-10-6-11-20-42)62(53(36-47)43-21-12-7-13-22-43)70-56-31-25-40(39-66)33-54(56)55-34-44(28-32-57(55)70)41-17-8-5-9-18-41/h3-38H,2H2,1H3/b16-3-. The van der Waals surface area contributed by atoms with Crippen LogP contribution >= 0.6 is 0 Å². The fourth-order valence-corrected chi connectivity index (χ4v) is 10.2. The third-order valence-electron chi connectivity index (χ3n) is 13.6. The van der Waals surface area contributed by atoms with Gasteiger partial charge in [-0.15, -0.1) is 0 Å². The zero-order valence-electron chi connectivity index (χ0n) is 39.0. The van der Waals surface area contributed by atoms with Crippen LogP contribution in [0.1, 0.15) is 23.8 Å². The lowest BCUT2D eigenvalue weighted by molar-refractivity contribution is 0.603. The van der Waals surface area contributed by atoms with Gasteiger partial charge in [-0.1, -0.05) is 146 Å². The minimum Gasteiger partial charge on any atom is -0.456 e. The van der Waals surface area contributed by atoms with E-state index in [4.69, 9.17) is 23.8 Å². The fourth-order valence-electron chi connectivity index (χ4n) is 10.2. The molecule has 0 amide bonds. The molecule has 7 nitrogen and oxygen atoms in total. The van der Waals surface area contributed by atoms with Crippen molar-refractivity contribution in [2.75, 3.05) is 0 Å². The predicted octanol–water partition coefficient (Wildman–Crippen LogP) is 17.2. The van der Waals surface area contributed by atoms with Crippen LogP contribution in [-0.2, 0) is 0 Å². The Balaban J connectivity index is 1.10. The second kappa shape index (κ2) is 17.3. The van der Waals surface area contributed by atoms with Gasteiger partial charge in [0.2, 0.25) is 0 Å². The summed E-state index contributed by atoms with van der Waals surface area (Å²) in [7, 11) is 0. The average Bonchev–Trinajstić information content (AvgIpc) is 4.11. The Bertz CT molecular complexity index is 4300. The van der Waals surface area contributed by atoms with E-state index >= 15 is 0 Å². The minimum absolute atomic E-state index is 0.488. The Morgan fingerprint density at radius 3 is 1.61 bits per heavy atom. The second-order valence-corrected chi connectivity index (χ2v) is 17.8. The number of hydrogen-bond acceptors (Lipinski definition) is 6. The highest BCUT2D eigenvalue weighted by atomic mass is 16.3. The van der Waals surface area contributed by atoms with Crippen LogP contribution in [0, 0.1) is 11.3 Å². The van der Waals surface area contributed by atoms with Gasteiger partial charge in [-0.3, -0.25) is 0 Å². The molecule has 0 saturated carbocycles. The SMILES string of the molecule is C=Cc1c(/C=C\C)oc2cc(-c3nc(-c4cc(-c5ccccc5)c(-n5c6ccc(C#N)cc6c6cc(-c7ccccc7)ccc65)c(-c5ccccc5)c4)nc(-c4ccc5c(c4)oc4ccccc45)n3)ccc12. The van der Waals surface area contributed by atoms with E-state index in [9.17, 15) is 5.26 Å². The highest BCUT2D eigenvalue weighted by Gasteiger charge is 2.24. The highest BCUT2D eigenvalue weighted by Crippen LogP contribution is 2.45. The van der Waals surface area contributed by atoms with Crippen LogP contribution in [-0.4, -0.2) is 19.5 Å². The van der Waals surface area contributed by atoms with Crippen LogP contribution in [0.3, 0.4) is 0 Å². The van der Waals surface area contributed by atoms with E-state index in [0.29, 0.717) is 28.6 Å². The van der Waals surface area contributed by atoms with Crippen LogP contribution < -0.4 is 0 Å². The maximum absolute atomic E-state index is 10.2. The molecule has 13 aromatic rings. The first kappa shape index (κ1) is 42.2. The Morgan fingerprint density at radius 2 is 0.986 bits per heavy atom. The monoisotopic (exact) mass is 923 g/mol. The Labute approximate surface area is 414 Å². The first-order chi connectivity index (χ1) is 35.5. The van der Waals surface area contributed by atoms with E-state index in [0.717, 1.165) is 116 Å². The molecule has 0 bridgehead atoms. The van der Waals surface area contributed by atoms with Gasteiger partial charge in [0, 0.05) is 60.3 Å². The molecular formula is C65H41N5O2. The molecule has 0 atom stereocenters. The molecule has 72 heavy (non-hydrogen) atoms. The van der Waals surface area contributed by atoms with Crippen molar-refractivity contribution in [2.24, 2.45) is 0 Å². The lowest BCUT2D eigenvalue weighted by Gasteiger charge is -2.21. The summed E-state index contributed by atoms with van der Waals surface area (Å²) >= 11 is 0. The number of hydrogen-bond donors (Lipinski definition) is 0. The smallest absolute Gasteiger partial charge is 0.164 e. The number of nitriles is 1. The van der Waals surface area contributed by atoms with E-state index in [-0.39, 0.29) is 0 Å². The molecule has 0 spiro atoms. The van der Waals surface area contributed by atoms with Gasteiger partial charge in [-0.2, -0.15) is 5.26 Å². The van der Waals surface area contributed by atoms with Crippen LogP contribution in [0.5, 0.6) is 0 Å². The molecule has 0 fully saturated rings. The summed E-state index contributed by atoms with van der Waals surface area (Å²) in [6.45, 7) is 6.06. The number of nitrogens with zero attached hydrogens (tertiary/aromatic N) is 5. The Hall–Kier alpha value is -9.90. The van der Waals surface area contributed by atoms with Crippen molar-refractivity contribution in [3.05, 3.63) is 230 Å². The largest absolute Gasteiger partial charge is 0.456 e. The predicted molar refractivity (Wildman–Crippen MR) is 293 cm³/mol. The molecule has 4 heterocycles. The molecule has 0 aliphatic heterocycles. The summed E-state index contributed by atoms with van der Waals surface area (Å²) < 4.78 is 15.2. The van der Waals surface area contributed by atoms with E-state index in [1.807, 2.05) is 97.9 Å². The maximum Gasteiger partial charge on any atom is 0.164 e. The molecule has 13 rings (SSSR count). The Kier molecular flexibility index (Phi) is 10.1. The van der Waals surface area contributed by atoms with Gasteiger partial charge in [0.05, 0.1) is 28.4 Å². The van der Waals surface area contributed by atoms with Crippen molar-refractivity contribution in [1.82, 2.24) is 19.5 Å². The summed E-state index contributed by atoms with van der Waals surface area (Å²) in [5.74, 6) is 2.22. The summed E-state index contributed by atoms with van der Waals surface area (Å²) in [4.78, 5) is 15.9. The zero-order chi connectivity index (χ0) is 48.3. The topological polar surface area (TPSA) is 93.7 Å². The Morgan fingerprint density at radius 1 is 0.458 bits per heavy atom. The number of para-hydroxylation sites is 1. The van der Waals surface area contributed by atoms with Gasteiger partial charge >= 0.3 is 0 Å². The molecule has 0 unspecified atom stereocenters. The van der Waals surface area contributed by atoms with Crippen molar-refractivity contribution >= 4 is 66.9 Å². The first-order valence-electron chi connectivity index (χ1n) is 23.9. The molecule has 0 aliphatic carbocycles. The van der Waals surface area contributed by atoms with Crippen molar-refractivity contribution < 1.29 is 8.83 Å². The van der Waals surface area contributed by atoms with Gasteiger partial charge in [-0.25, -0.2) is 15.0 Å². The van der Waals surface area contributed by atoms with Gasteiger partial charge in [-0.05, 0) is 108 Å². The molecule has 0 aliphatic rings. The van der Waals surface area contributed by atoms with Crippen molar-refractivity contribution in [3.63, 3.8) is 0 Å². The fraction of sp³-hybridized carbons (Fsp3) is 0.0154. The van der Waals surface area contributed by atoms with Crippen LogP contribution in [0.25, 0.3) is 140 Å². The van der Waals surface area contributed by atoms with E-state index < -0.39 is 0 Å². The third kappa shape index (κ3) is 7.09. The normalized spacial score (nSPS) is 11.7. The number of aromatic nitrogens is 4. The zero-order valence-corrected chi connectivity index (χ0v) is 39.0. The average molecular weight is 924 g/mol. The van der Waals surface area contributed by atoms with Crippen molar-refractivity contribution in [2.45, 2.75) is 6.92 Å². The quantitative estimate of drug-likeness (QED) is 0.143. The van der Waals surface area contributed by atoms with Gasteiger partial charge in [0.25, 0.3) is 0 Å². The molecule has 338 valence electrons. The van der Waals surface area contributed by atoms with Crippen molar-refractivity contribution in [3.8, 4) is 79.3 Å². The molecule has 7 heteroatoms. The minimum atomic E-state index is 0.488. The van der Waals surface area contributed by atoms with E-state index in [2.05, 4.69) is 145 Å². The molecule has 0 saturated heterocycles. The summed E-state index contributed by atoms with van der Waals surface area (Å²) in [6.07, 6.45) is 5.74. The first-order valence-corrected chi connectivity index (χ1v) is 23.9. The van der Waals surface area contributed by atoms with E-state index in [1.165, 1.54) is 0 Å². The number of rotatable bonds is 9. The summed E-state index contributed by atoms with van der Waals surface area (Å²) in [6, 6.07) is 71.1. The second-order valence-electron chi connectivity index (χ2n) is 17.8. The molecule has 0 N–H and O–H groups in total. The maximum atomic E-state index is 10.2. The molecule has 9 aromatic carbocycles. The summed E-state index contributed by atoms with van der Waals surface area (Å²) in [5.41, 5.74) is 15.3. The highest BCUT2D eigenvalue weighted by molar-refractivity contribution is 6.12.